The number of hydrogen-bond donors (Lipinski definition) is 3. The van der Waals surface area contributed by atoms with E-state index in [1.807, 2.05) is 0 Å². The first kappa shape index (κ1) is 10.0. The van der Waals surface area contributed by atoms with Crippen LogP contribution in [0.25, 0.3) is 10.8 Å². The highest BCUT2D eigenvalue weighted by Crippen LogP contribution is 2.30. The van der Waals surface area contributed by atoms with Crippen molar-refractivity contribution in [3.05, 3.63) is 34.4 Å². The summed E-state index contributed by atoms with van der Waals surface area (Å²) in [6.45, 7) is 0. The fourth-order valence-electron chi connectivity index (χ4n) is 1.37. The summed E-state index contributed by atoms with van der Waals surface area (Å²) in [6.07, 6.45) is 0.795. The molecule has 6 heteroatoms. The molecule has 0 saturated carbocycles. The summed E-state index contributed by atoms with van der Waals surface area (Å²) in [5, 5.41) is 27.2. The second kappa shape index (κ2) is 3.27. The molecule has 82 valence electrons. The molecule has 0 aliphatic rings. The zero-order chi connectivity index (χ0) is 11.9. The number of rotatable bonds is 1. The predicted molar refractivity (Wildman–Crippen MR) is 52.8 cm³/mol. The number of carboxylic acids is 1. The standard InChI is InChI=1S/C10H6O6/c11-7-1-4-5(2-8(7)12)10(15)16-3-6(4)9(13)14/h1-3,11-12H,(H,13,14). The van der Waals surface area contributed by atoms with E-state index in [1.54, 1.807) is 0 Å². The molecule has 16 heavy (non-hydrogen) atoms. The van der Waals surface area contributed by atoms with Crippen molar-refractivity contribution in [3.8, 4) is 11.5 Å². The van der Waals surface area contributed by atoms with Gasteiger partial charge in [0.2, 0.25) is 0 Å². The van der Waals surface area contributed by atoms with Gasteiger partial charge >= 0.3 is 11.6 Å². The van der Waals surface area contributed by atoms with E-state index < -0.39 is 23.1 Å². The van der Waals surface area contributed by atoms with Gasteiger partial charge in [-0.1, -0.05) is 0 Å². The lowest BCUT2D eigenvalue weighted by Crippen LogP contribution is -2.05. The van der Waals surface area contributed by atoms with Crippen LogP contribution in [0.2, 0.25) is 0 Å². The van der Waals surface area contributed by atoms with E-state index in [9.17, 15) is 19.8 Å². The third kappa shape index (κ3) is 1.36. The van der Waals surface area contributed by atoms with Crippen molar-refractivity contribution < 1.29 is 24.5 Å². The van der Waals surface area contributed by atoms with E-state index in [2.05, 4.69) is 4.42 Å². The van der Waals surface area contributed by atoms with Crippen LogP contribution in [0.1, 0.15) is 10.4 Å². The number of aromatic hydroxyl groups is 2. The maximum Gasteiger partial charge on any atom is 0.343 e. The van der Waals surface area contributed by atoms with Gasteiger partial charge in [0, 0.05) is 5.39 Å². The van der Waals surface area contributed by atoms with E-state index in [-0.39, 0.29) is 16.3 Å². The summed E-state index contributed by atoms with van der Waals surface area (Å²) in [5.41, 5.74) is -1.04. The van der Waals surface area contributed by atoms with Crippen LogP contribution in [0, 0.1) is 0 Å². The Balaban J connectivity index is 2.99. The Morgan fingerprint density at radius 2 is 1.69 bits per heavy atom. The van der Waals surface area contributed by atoms with Gasteiger partial charge in [0.15, 0.2) is 11.5 Å². The SMILES string of the molecule is O=C(O)c1coc(=O)c2cc(O)c(O)cc12. The molecular formula is C10H6O6. The number of aromatic carboxylic acids is 1. The van der Waals surface area contributed by atoms with Gasteiger partial charge in [0.1, 0.15) is 11.8 Å². The Kier molecular flexibility index (Phi) is 2.05. The number of fused-ring (bicyclic) bond motifs is 1. The zero-order valence-corrected chi connectivity index (χ0v) is 7.80. The van der Waals surface area contributed by atoms with E-state index >= 15 is 0 Å². The number of carboxylic acid groups (broad SMARTS) is 1. The minimum Gasteiger partial charge on any atom is -0.504 e. The summed E-state index contributed by atoms with van der Waals surface area (Å²) >= 11 is 0. The lowest BCUT2D eigenvalue weighted by atomic mass is 10.1. The Hall–Kier alpha value is -2.50. The van der Waals surface area contributed by atoms with Gasteiger partial charge in [-0.3, -0.25) is 0 Å². The summed E-state index contributed by atoms with van der Waals surface area (Å²) in [4.78, 5) is 22.1. The summed E-state index contributed by atoms with van der Waals surface area (Å²) in [7, 11) is 0. The molecule has 1 heterocycles. The highest BCUT2D eigenvalue weighted by Gasteiger charge is 2.14. The van der Waals surface area contributed by atoms with Crippen molar-refractivity contribution in [2.75, 3.05) is 0 Å². The lowest BCUT2D eigenvalue weighted by molar-refractivity contribution is 0.0696. The largest absolute Gasteiger partial charge is 0.504 e. The molecule has 3 N–H and O–H groups in total. The highest BCUT2D eigenvalue weighted by atomic mass is 16.4. The van der Waals surface area contributed by atoms with Crippen molar-refractivity contribution in [1.29, 1.82) is 0 Å². The van der Waals surface area contributed by atoms with Crippen LogP contribution < -0.4 is 5.63 Å². The normalized spacial score (nSPS) is 10.5. The van der Waals surface area contributed by atoms with Crippen molar-refractivity contribution in [3.63, 3.8) is 0 Å². The van der Waals surface area contributed by atoms with Gasteiger partial charge in [-0.2, -0.15) is 0 Å². The quantitative estimate of drug-likeness (QED) is 0.618. The Labute approximate surface area is 88.0 Å². The van der Waals surface area contributed by atoms with Crippen LogP contribution in [0.5, 0.6) is 11.5 Å². The van der Waals surface area contributed by atoms with Crippen molar-refractivity contribution in [2.24, 2.45) is 0 Å². The van der Waals surface area contributed by atoms with Crippen LogP contribution in [0.3, 0.4) is 0 Å². The van der Waals surface area contributed by atoms with Gasteiger partial charge < -0.3 is 19.7 Å². The number of phenolic OH excluding ortho intramolecular Hbond substituents is 2. The fraction of sp³-hybridized carbons (Fsp3) is 0. The molecule has 0 fully saturated rings. The molecule has 0 aliphatic carbocycles. The monoisotopic (exact) mass is 222 g/mol. The number of hydrogen-bond acceptors (Lipinski definition) is 5. The van der Waals surface area contributed by atoms with E-state index in [4.69, 9.17) is 5.11 Å². The fourth-order valence-corrected chi connectivity index (χ4v) is 1.37. The molecule has 0 radical (unpaired) electrons. The van der Waals surface area contributed by atoms with Crippen molar-refractivity contribution in [1.82, 2.24) is 0 Å². The van der Waals surface area contributed by atoms with Gasteiger partial charge in [0.25, 0.3) is 0 Å². The van der Waals surface area contributed by atoms with Gasteiger partial charge in [-0.15, -0.1) is 0 Å². The number of phenols is 2. The van der Waals surface area contributed by atoms with Crippen molar-refractivity contribution in [2.45, 2.75) is 0 Å². The lowest BCUT2D eigenvalue weighted by Gasteiger charge is -2.02. The van der Waals surface area contributed by atoms with E-state index in [1.165, 1.54) is 0 Å². The molecule has 0 amide bonds. The minimum atomic E-state index is -1.29. The van der Waals surface area contributed by atoms with Crippen LogP contribution in [0.4, 0.5) is 0 Å². The first-order valence-electron chi connectivity index (χ1n) is 4.21. The molecule has 0 saturated heterocycles. The second-order valence-electron chi connectivity index (χ2n) is 3.13. The molecule has 2 aromatic rings. The van der Waals surface area contributed by atoms with Gasteiger partial charge in [-0.25, -0.2) is 9.59 Å². The summed E-state index contributed by atoms with van der Waals surface area (Å²) in [6, 6.07) is 1.97. The molecule has 6 nitrogen and oxygen atoms in total. The summed E-state index contributed by atoms with van der Waals surface area (Å²) in [5.74, 6) is -2.30. The average molecular weight is 222 g/mol. The molecular weight excluding hydrogens is 216 g/mol. The third-order valence-corrected chi connectivity index (χ3v) is 2.14. The topological polar surface area (TPSA) is 108 Å². The molecule has 0 unspecified atom stereocenters. The predicted octanol–water partition coefficient (Wildman–Crippen LogP) is 0.902. The summed E-state index contributed by atoms with van der Waals surface area (Å²) < 4.78 is 4.50. The second-order valence-corrected chi connectivity index (χ2v) is 3.13. The van der Waals surface area contributed by atoms with Crippen LogP contribution in [0.15, 0.2) is 27.6 Å². The third-order valence-electron chi connectivity index (χ3n) is 2.14. The molecule has 0 spiro atoms. The first-order chi connectivity index (χ1) is 7.50. The molecule has 2 rings (SSSR count). The zero-order valence-electron chi connectivity index (χ0n) is 7.80. The van der Waals surface area contributed by atoms with E-state index in [0.717, 1.165) is 18.4 Å². The smallest absolute Gasteiger partial charge is 0.343 e. The van der Waals surface area contributed by atoms with Gasteiger partial charge in [0.05, 0.1) is 5.39 Å². The maximum atomic E-state index is 11.3. The Bertz CT molecular complexity index is 640. The highest BCUT2D eigenvalue weighted by molar-refractivity contribution is 6.03. The van der Waals surface area contributed by atoms with Crippen LogP contribution >= 0.6 is 0 Å². The molecule has 0 bridgehead atoms. The van der Waals surface area contributed by atoms with Crippen LogP contribution in [-0.4, -0.2) is 21.3 Å². The average Bonchev–Trinajstić information content (AvgIpc) is 2.21. The Morgan fingerprint density at radius 3 is 2.25 bits per heavy atom. The van der Waals surface area contributed by atoms with Crippen molar-refractivity contribution >= 4 is 16.7 Å². The minimum absolute atomic E-state index is 0.0130. The molecule has 1 aromatic heterocycles. The number of carbonyl (C=O) groups is 1. The van der Waals surface area contributed by atoms with E-state index in [0.29, 0.717) is 0 Å². The Morgan fingerprint density at radius 1 is 1.12 bits per heavy atom. The molecule has 1 aromatic carbocycles. The first-order valence-corrected chi connectivity index (χ1v) is 4.21. The number of benzene rings is 1. The maximum absolute atomic E-state index is 11.3. The van der Waals surface area contributed by atoms with Crippen LogP contribution in [-0.2, 0) is 0 Å². The van der Waals surface area contributed by atoms with Gasteiger partial charge in [-0.05, 0) is 12.1 Å². The molecule has 0 atom stereocenters. The molecule has 0 aliphatic heterocycles.